The number of carboxylic acid groups (broad SMARTS) is 1. The standard InChI is InChI=1S/C14H19ClN2O5S/c1-10(3-8-14(19)20)16-13(18)9-17(2)23(21,22)12-6-4-11(15)5-7-12/h4-7,10H,3,8-9H2,1-2H3,(H,16,18)(H,19,20). The molecule has 0 aliphatic heterocycles. The zero-order chi connectivity index (χ0) is 17.6. The molecule has 0 fully saturated rings. The molecule has 1 amide bonds. The van der Waals surface area contributed by atoms with Crippen LogP contribution in [0.2, 0.25) is 5.02 Å². The minimum atomic E-state index is -3.79. The fraction of sp³-hybridized carbons (Fsp3) is 0.429. The maximum atomic E-state index is 12.3. The highest BCUT2D eigenvalue weighted by Crippen LogP contribution is 2.17. The first-order valence-electron chi connectivity index (χ1n) is 6.86. The molecule has 0 radical (unpaired) electrons. The van der Waals surface area contributed by atoms with E-state index in [0.717, 1.165) is 4.31 Å². The molecule has 0 spiro atoms. The van der Waals surface area contributed by atoms with Gasteiger partial charge < -0.3 is 10.4 Å². The predicted molar refractivity (Wildman–Crippen MR) is 85.7 cm³/mol. The van der Waals surface area contributed by atoms with Crippen LogP contribution in [0.4, 0.5) is 0 Å². The van der Waals surface area contributed by atoms with E-state index in [2.05, 4.69) is 5.32 Å². The van der Waals surface area contributed by atoms with E-state index in [1.807, 2.05) is 0 Å². The third kappa shape index (κ3) is 6.17. The fourth-order valence-corrected chi connectivity index (χ4v) is 3.06. The van der Waals surface area contributed by atoms with Crippen molar-refractivity contribution in [3.63, 3.8) is 0 Å². The predicted octanol–water partition coefficient (Wildman–Crippen LogP) is 1.33. The quantitative estimate of drug-likeness (QED) is 0.726. The first-order chi connectivity index (χ1) is 10.6. The van der Waals surface area contributed by atoms with Gasteiger partial charge in [-0.05, 0) is 37.6 Å². The van der Waals surface area contributed by atoms with Gasteiger partial charge in [-0.1, -0.05) is 11.6 Å². The van der Waals surface area contributed by atoms with Crippen LogP contribution in [0.15, 0.2) is 29.2 Å². The Morgan fingerprint density at radius 3 is 2.39 bits per heavy atom. The molecule has 0 aromatic heterocycles. The third-order valence-corrected chi connectivity index (χ3v) is 5.16. The Kier molecular flexibility index (Phi) is 6.99. The second-order valence-corrected chi connectivity index (χ2v) is 7.60. The van der Waals surface area contributed by atoms with Crippen LogP contribution in [-0.4, -0.2) is 49.3 Å². The molecule has 0 saturated heterocycles. The second kappa shape index (κ2) is 8.28. The average molecular weight is 363 g/mol. The molecule has 1 aromatic rings. The van der Waals surface area contributed by atoms with E-state index < -0.39 is 21.9 Å². The summed E-state index contributed by atoms with van der Waals surface area (Å²) in [7, 11) is -2.50. The summed E-state index contributed by atoms with van der Waals surface area (Å²) in [5.74, 6) is -1.45. The molecule has 0 aliphatic carbocycles. The maximum absolute atomic E-state index is 12.3. The Hall–Kier alpha value is -1.64. The van der Waals surface area contributed by atoms with E-state index in [9.17, 15) is 18.0 Å². The van der Waals surface area contributed by atoms with Crippen molar-refractivity contribution in [2.45, 2.75) is 30.7 Å². The van der Waals surface area contributed by atoms with Crippen LogP contribution < -0.4 is 5.32 Å². The molecule has 9 heteroatoms. The Labute approximate surface area is 140 Å². The zero-order valence-electron chi connectivity index (χ0n) is 12.8. The van der Waals surface area contributed by atoms with Gasteiger partial charge in [0.15, 0.2) is 0 Å². The van der Waals surface area contributed by atoms with E-state index in [-0.39, 0.29) is 30.3 Å². The first-order valence-corrected chi connectivity index (χ1v) is 8.68. The highest BCUT2D eigenvalue weighted by Gasteiger charge is 2.23. The number of carbonyl (C=O) groups is 2. The summed E-state index contributed by atoms with van der Waals surface area (Å²) in [4.78, 5) is 22.4. The lowest BCUT2D eigenvalue weighted by atomic mass is 10.2. The lowest BCUT2D eigenvalue weighted by molar-refractivity contribution is -0.137. The number of benzene rings is 1. The summed E-state index contributed by atoms with van der Waals surface area (Å²) in [5, 5.41) is 11.6. The van der Waals surface area contributed by atoms with Crippen molar-refractivity contribution in [3.8, 4) is 0 Å². The normalized spacial score (nSPS) is 12.9. The summed E-state index contributed by atoms with van der Waals surface area (Å²) in [5.41, 5.74) is 0. The van der Waals surface area contributed by atoms with Gasteiger partial charge in [0.1, 0.15) is 0 Å². The van der Waals surface area contributed by atoms with Gasteiger partial charge in [0.25, 0.3) is 0 Å². The Morgan fingerprint density at radius 2 is 1.87 bits per heavy atom. The SMILES string of the molecule is CC(CCC(=O)O)NC(=O)CN(C)S(=O)(=O)c1ccc(Cl)cc1. The van der Waals surface area contributed by atoms with Gasteiger partial charge in [0.2, 0.25) is 15.9 Å². The van der Waals surface area contributed by atoms with E-state index in [0.29, 0.717) is 5.02 Å². The molecule has 2 N–H and O–H groups in total. The summed E-state index contributed by atoms with van der Waals surface area (Å²) < 4.78 is 25.5. The van der Waals surface area contributed by atoms with Crippen LogP contribution >= 0.6 is 11.6 Å². The Morgan fingerprint density at radius 1 is 1.30 bits per heavy atom. The van der Waals surface area contributed by atoms with E-state index in [4.69, 9.17) is 16.7 Å². The average Bonchev–Trinajstić information content (AvgIpc) is 2.45. The van der Waals surface area contributed by atoms with Crippen LogP contribution in [0.5, 0.6) is 0 Å². The summed E-state index contributed by atoms with van der Waals surface area (Å²) in [6, 6.07) is 5.28. The van der Waals surface area contributed by atoms with E-state index >= 15 is 0 Å². The van der Waals surface area contributed by atoms with Gasteiger partial charge in [-0.15, -0.1) is 0 Å². The van der Waals surface area contributed by atoms with Crippen molar-refractivity contribution < 1.29 is 23.1 Å². The number of amides is 1. The molecule has 0 aliphatic rings. The molecule has 7 nitrogen and oxygen atoms in total. The Bertz CT molecular complexity index is 660. The van der Waals surface area contributed by atoms with Gasteiger partial charge in [0, 0.05) is 24.5 Å². The minimum Gasteiger partial charge on any atom is -0.481 e. The van der Waals surface area contributed by atoms with Crippen LogP contribution in [0.1, 0.15) is 19.8 Å². The molecule has 1 aromatic carbocycles. The fourth-order valence-electron chi connectivity index (χ4n) is 1.81. The highest BCUT2D eigenvalue weighted by atomic mass is 35.5. The number of hydrogen-bond donors (Lipinski definition) is 2. The second-order valence-electron chi connectivity index (χ2n) is 5.12. The molecule has 1 unspecified atom stereocenters. The van der Waals surface area contributed by atoms with Crippen molar-refractivity contribution in [1.29, 1.82) is 0 Å². The van der Waals surface area contributed by atoms with Crippen LogP contribution in [0.3, 0.4) is 0 Å². The molecule has 1 atom stereocenters. The lowest BCUT2D eigenvalue weighted by Gasteiger charge is -2.19. The van der Waals surface area contributed by atoms with Gasteiger partial charge in [0.05, 0.1) is 11.4 Å². The van der Waals surface area contributed by atoms with Crippen molar-refractivity contribution in [3.05, 3.63) is 29.3 Å². The number of aliphatic carboxylic acids is 1. The van der Waals surface area contributed by atoms with Crippen LogP contribution in [0, 0.1) is 0 Å². The van der Waals surface area contributed by atoms with Gasteiger partial charge in [-0.3, -0.25) is 9.59 Å². The highest BCUT2D eigenvalue weighted by molar-refractivity contribution is 7.89. The molecule has 0 bridgehead atoms. The number of halogens is 1. The van der Waals surface area contributed by atoms with Gasteiger partial charge in [-0.2, -0.15) is 4.31 Å². The van der Waals surface area contributed by atoms with E-state index in [1.54, 1.807) is 6.92 Å². The number of sulfonamides is 1. The van der Waals surface area contributed by atoms with Crippen molar-refractivity contribution in [2.24, 2.45) is 0 Å². The number of hydrogen-bond acceptors (Lipinski definition) is 4. The number of nitrogens with one attached hydrogen (secondary N) is 1. The molecule has 1 rings (SSSR count). The number of carbonyl (C=O) groups excluding carboxylic acids is 1. The van der Waals surface area contributed by atoms with Crippen molar-refractivity contribution in [2.75, 3.05) is 13.6 Å². The molecule has 128 valence electrons. The summed E-state index contributed by atoms with van der Waals surface area (Å²) in [6.45, 7) is 1.30. The lowest BCUT2D eigenvalue weighted by Crippen LogP contribution is -2.41. The molecule has 0 heterocycles. The summed E-state index contributed by atoms with van der Waals surface area (Å²) >= 11 is 5.72. The number of rotatable bonds is 8. The van der Waals surface area contributed by atoms with Crippen LogP contribution in [-0.2, 0) is 19.6 Å². The van der Waals surface area contributed by atoms with E-state index in [1.165, 1.54) is 31.3 Å². The molecular formula is C14H19ClN2O5S. The third-order valence-electron chi connectivity index (χ3n) is 3.09. The minimum absolute atomic E-state index is 0.0381. The largest absolute Gasteiger partial charge is 0.481 e. The number of nitrogens with zero attached hydrogens (tertiary/aromatic N) is 1. The Balaban J connectivity index is 2.63. The van der Waals surface area contributed by atoms with Gasteiger partial charge >= 0.3 is 5.97 Å². The topological polar surface area (TPSA) is 104 Å². The molecule has 0 saturated carbocycles. The summed E-state index contributed by atoms with van der Waals surface area (Å²) in [6.07, 6.45) is 0.203. The number of carboxylic acids is 1. The van der Waals surface area contributed by atoms with Crippen molar-refractivity contribution in [1.82, 2.24) is 9.62 Å². The monoisotopic (exact) mass is 362 g/mol. The molecular weight excluding hydrogens is 344 g/mol. The first kappa shape index (κ1) is 19.4. The van der Waals surface area contributed by atoms with Gasteiger partial charge in [-0.25, -0.2) is 8.42 Å². The number of likely N-dealkylation sites (N-methyl/N-ethyl adjacent to an activating group) is 1. The maximum Gasteiger partial charge on any atom is 0.303 e. The molecule has 23 heavy (non-hydrogen) atoms. The van der Waals surface area contributed by atoms with Crippen LogP contribution in [0.25, 0.3) is 0 Å². The van der Waals surface area contributed by atoms with Crippen molar-refractivity contribution >= 4 is 33.5 Å². The zero-order valence-corrected chi connectivity index (χ0v) is 14.4. The smallest absolute Gasteiger partial charge is 0.303 e.